The van der Waals surface area contributed by atoms with Crippen molar-refractivity contribution >= 4 is 5.82 Å². The van der Waals surface area contributed by atoms with Gasteiger partial charge in [0.15, 0.2) is 11.6 Å². The number of rotatable bonds is 4. The van der Waals surface area contributed by atoms with E-state index in [-0.39, 0.29) is 11.9 Å². The quantitative estimate of drug-likeness (QED) is 0.852. The van der Waals surface area contributed by atoms with Crippen LogP contribution in [0.5, 0.6) is 0 Å². The molecule has 0 amide bonds. The lowest BCUT2D eigenvalue weighted by atomic mass is 10.2. The van der Waals surface area contributed by atoms with E-state index < -0.39 is 5.82 Å². The Morgan fingerprint density at radius 2 is 2.24 bits per heavy atom. The molecule has 1 atom stereocenters. The summed E-state index contributed by atoms with van der Waals surface area (Å²) < 4.78 is 13.7. The first-order valence-electron chi connectivity index (χ1n) is 5.45. The van der Waals surface area contributed by atoms with E-state index in [1.807, 2.05) is 6.92 Å². The summed E-state index contributed by atoms with van der Waals surface area (Å²) in [5, 5.41) is 3.02. The third-order valence-corrected chi connectivity index (χ3v) is 2.53. The standard InChI is InChI=1S/C11H14FN5/c1-3-8(10-13-4-5-14-10)17-11-9(12)7(2)15-6-16-11/h4-6,8H,3H2,1-2H3,(H,13,14)(H,15,16,17). The van der Waals surface area contributed by atoms with Crippen LogP contribution in [0, 0.1) is 12.7 Å². The van der Waals surface area contributed by atoms with Crippen molar-refractivity contribution in [2.75, 3.05) is 5.32 Å². The van der Waals surface area contributed by atoms with E-state index in [1.54, 1.807) is 19.3 Å². The lowest BCUT2D eigenvalue weighted by Gasteiger charge is -2.15. The molecular weight excluding hydrogens is 221 g/mol. The molecule has 0 fully saturated rings. The molecule has 0 aromatic carbocycles. The van der Waals surface area contributed by atoms with Gasteiger partial charge in [-0.3, -0.25) is 0 Å². The highest BCUT2D eigenvalue weighted by Crippen LogP contribution is 2.20. The summed E-state index contributed by atoms with van der Waals surface area (Å²) in [6.07, 6.45) is 5.52. The van der Waals surface area contributed by atoms with Crippen LogP contribution in [0.2, 0.25) is 0 Å². The number of hydrogen-bond acceptors (Lipinski definition) is 4. The van der Waals surface area contributed by atoms with Crippen LogP contribution in [-0.2, 0) is 0 Å². The molecule has 0 saturated carbocycles. The van der Waals surface area contributed by atoms with Gasteiger partial charge in [-0.15, -0.1) is 0 Å². The molecule has 1 unspecified atom stereocenters. The predicted octanol–water partition coefficient (Wildman–Crippen LogP) is 2.21. The Labute approximate surface area is 98.5 Å². The van der Waals surface area contributed by atoms with Crippen molar-refractivity contribution in [3.8, 4) is 0 Å². The summed E-state index contributed by atoms with van der Waals surface area (Å²) in [4.78, 5) is 14.8. The molecule has 90 valence electrons. The molecule has 2 N–H and O–H groups in total. The Kier molecular flexibility index (Phi) is 3.32. The summed E-state index contributed by atoms with van der Waals surface area (Å²) >= 11 is 0. The molecular formula is C11H14FN5. The highest BCUT2D eigenvalue weighted by molar-refractivity contribution is 5.38. The number of nitrogens with zero attached hydrogens (tertiary/aromatic N) is 3. The molecule has 0 aliphatic heterocycles. The van der Waals surface area contributed by atoms with Gasteiger partial charge in [0.1, 0.15) is 12.2 Å². The fraction of sp³-hybridized carbons (Fsp3) is 0.364. The van der Waals surface area contributed by atoms with Gasteiger partial charge in [0, 0.05) is 12.4 Å². The minimum Gasteiger partial charge on any atom is -0.358 e. The molecule has 5 nitrogen and oxygen atoms in total. The molecule has 0 bridgehead atoms. The molecule has 2 aromatic rings. The zero-order valence-electron chi connectivity index (χ0n) is 9.74. The molecule has 0 saturated heterocycles. The fourth-order valence-corrected chi connectivity index (χ4v) is 1.56. The molecule has 17 heavy (non-hydrogen) atoms. The summed E-state index contributed by atoms with van der Waals surface area (Å²) in [6.45, 7) is 3.60. The second kappa shape index (κ2) is 4.90. The van der Waals surface area contributed by atoms with Crippen LogP contribution in [0.15, 0.2) is 18.7 Å². The molecule has 0 aliphatic carbocycles. The fourth-order valence-electron chi connectivity index (χ4n) is 1.56. The first-order valence-corrected chi connectivity index (χ1v) is 5.45. The lowest BCUT2D eigenvalue weighted by molar-refractivity contribution is 0.595. The number of aromatic nitrogens is 4. The maximum atomic E-state index is 13.7. The Morgan fingerprint density at radius 3 is 2.88 bits per heavy atom. The minimum absolute atomic E-state index is 0.0891. The number of aromatic amines is 1. The van der Waals surface area contributed by atoms with Gasteiger partial charge in [-0.2, -0.15) is 0 Å². The largest absolute Gasteiger partial charge is 0.358 e. The molecule has 2 aromatic heterocycles. The number of H-pyrrole nitrogens is 1. The summed E-state index contributed by atoms with van der Waals surface area (Å²) in [6, 6.07) is -0.0891. The van der Waals surface area contributed by atoms with Crippen molar-refractivity contribution in [1.29, 1.82) is 0 Å². The van der Waals surface area contributed by atoms with Gasteiger partial charge in [-0.05, 0) is 13.3 Å². The van der Waals surface area contributed by atoms with Crippen LogP contribution < -0.4 is 5.32 Å². The summed E-state index contributed by atoms with van der Waals surface area (Å²) in [5.74, 6) is 0.557. The van der Waals surface area contributed by atoms with Gasteiger partial charge in [0.2, 0.25) is 0 Å². The highest BCUT2D eigenvalue weighted by atomic mass is 19.1. The number of aryl methyl sites for hydroxylation is 1. The van der Waals surface area contributed by atoms with E-state index in [4.69, 9.17) is 0 Å². The average molecular weight is 235 g/mol. The van der Waals surface area contributed by atoms with Crippen molar-refractivity contribution in [3.63, 3.8) is 0 Å². The van der Waals surface area contributed by atoms with E-state index in [2.05, 4.69) is 25.3 Å². The summed E-state index contributed by atoms with van der Waals surface area (Å²) in [7, 11) is 0. The second-order valence-corrected chi connectivity index (χ2v) is 3.70. The maximum absolute atomic E-state index is 13.7. The van der Waals surface area contributed by atoms with Crippen molar-refractivity contribution in [1.82, 2.24) is 19.9 Å². The van der Waals surface area contributed by atoms with Gasteiger partial charge in [-0.25, -0.2) is 19.3 Å². The van der Waals surface area contributed by atoms with E-state index in [9.17, 15) is 4.39 Å². The molecule has 0 spiro atoms. The van der Waals surface area contributed by atoms with Crippen LogP contribution in [0.25, 0.3) is 0 Å². The van der Waals surface area contributed by atoms with Crippen LogP contribution in [0.1, 0.15) is 30.9 Å². The number of anilines is 1. The van der Waals surface area contributed by atoms with Gasteiger partial charge >= 0.3 is 0 Å². The van der Waals surface area contributed by atoms with Gasteiger partial charge < -0.3 is 10.3 Å². The normalized spacial score (nSPS) is 12.4. The topological polar surface area (TPSA) is 66.5 Å². The van der Waals surface area contributed by atoms with E-state index in [0.29, 0.717) is 5.69 Å². The van der Waals surface area contributed by atoms with Crippen molar-refractivity contribution in [2.24, 2.45) is 0 Å². The van der Waals surface area contributed by atoms with Crippen LogP contribution in [0.3, 0.4) is 0 Å². The Morgan fingerprint density at radius 1 is 1.41 bits per heavy atom. The van der Waals surface area contributed by atoms with E-state index in [1.165, 1.54) is 6.33 Å². The number of hydrogen-bond donors (Lipinski definition) is 2. The van der Waals surface area contributed by atoms with E-state index >= 15 is 0 Å². The Hall–Kier alpha value is -1.98. The van der Waals surface area contributed by atoms with Gasteiger partial charge in [0.05, 0.1) is 11.7 Å². The SMILES string of the molecule is CCC(Nc1ncnc(C)c1F)c1ncc[nH]1. The van der Waals surface area contributed by atoms with Crippen LogP contribution >= 0.6 is 0 Å². The van der Waals surface area contributed by atoms with Gasteiger partial charge in [0.25, 0.3) is 0 Å². The zero-order valence-corrected chi connectivity index (χ0v) is 9.74. The second-order valence-electron chi connectivity index (χ2n) is 3.70. The number of halogens is 1. The molecule has 2 heterocycles. The Bertz CT molecular complexity index is 483. The average Bonchev–Trinajstić information content (AvgIpc) is 2.85. The predicted molar refractivity (Wildman–Crippen MR) is 62.0 cm³/mol. The molecule has 6 heteroatoms. The van der Waals surface area contributed by atoms with Crippen LogP contribution in [-0.4, -0.2) is 19.9 Å². The molecule has 2 rings (SSSR count). The van der Waals surface area contributed by atoms with Crippen LogP contribution in [0.4, 0.5) is 10.2 Å². The molecule has 0 aliphatic rings. The zero-order chi connectivity index (χ0) is 12.3. The van der Waals surface area contributed by atoms with Gasteiger partial charge in [-0.1, -0.05) is 6.92 Å². The molecule has 0 radical (unpaired) electrons. The first kappa shape index (κ1) is 11.5. The maximum Gasteiger partial charge on any atom is 0.186 e. The lowest BCUT2D eigenvalue weighted by Crippen LogP contribution is -2.14. The Balaban J connectivity index is 2.22. The highest BCUT2D eigenvalue weighted by Gasteiger charge is 2.15. The smallest absolute Gasteiger partial charge is 0.186 e. The number of imidazole rings is 1. The third kappa shape index (κ3) is 2.41. The van der Waals surface area contributed by atoms with Crippen molar-refractivity contribution in [3.05, 3.63) is 36.1 Å². The summed E-state index contributed by atoms with van der Waals surface area (Å²) in [5.41, 5.74) is 0.330. The monoisotopic (exact) mass is 235 g/mol. The van der Waals surface area contributed by atoms with Crippen molar-refractivity contribution < 1.29 is 4.39 Å². The first-order chi connectivity index (χ1) is 8.22. The number of nitrogens with one attached hydrogen (secondary N) is 2. The third-order valence-electron chi connectivity index (χ3n) is 2.53. The van der Waals surface area contributed by atoms with E-state index in [0.717, 1.165) is 12.2 Å². The van der Waals surface area contributed by atoms with Crippen molar-refractivity contribution in [2.45, 2.75) is 26.3 Å². The minimum atomic E-state index is -0.419.